The second kappa shape index (κ2) is 13.0. The molecule has 0 amide bonds. The average Bonchev–Trinajstić information content (AvgIpc) is 2.33. The molecule has 0 saturated heterocycles. The number of ether oxygens (including phenoxy) is 1. The normalized spacial score (nSPS) is 12.3. The SMILES string of the molecule is CCCCCCCCOC(=O)C(CC(=O)[O-])S(=O)(=O)O.[K+]. The number of carboxylic acid groups (broad SMARTS) is 1. The van der Waals surface area contributed by atoms with E-state index in [1.807, 2.05) is 0 Å². The maximum absolute atomic E-state index is 11.4. The fraction of sp³-hybridized carbons (Fsp3) is 0.833. The fourth-order valence-corrected chi connectivity index (χ4v) is 2.27. The number of carbonyl (C=O) groups excluding carboxylic acids is 2. The van der Waals surface area contributed by atoms with Crippen molar-refractivity contribution in [1.29, 1.82) is 0 Å². The molecule has 21 heavy (non-hydrogen) atoms. The van der Waals surface area contributed by atoms with E-state index in [1.54, 1.807) is 0 Å². The summed E-state index contributed by atoms with van der Waals surface area (Å²) in [6, 6.07) is 0. The minimum atomic E-state index is -4.81. The number of esters is 1. The van der Waals surface area contributed by atoms with Gasteiger partial charge in [0.2, 0.25) is 0 Å². The molecule has 1 atom stereocenters. The van der Waals surface area contributed by atoms with Crippen LogP contribution in [-0.2, 0) is 24.4 Å². The Morgan fingerprint density at radius 2 is 1.67 bits per heavy atom. The molecule has 118 valence electrons. The minimum absolute atomic E-state index is 0. The van der Waals surface area contributed by atoms with Gasteiger partial charge in [0.15, 0.2) is 5.25 Å². The second-order valence-corrected chi connectivity index (χ2v) is 6.11. The van der Waals surface area contributed by atoms with Crippen molar-refractivity contribution in [3.8, 4) is 0 Å². The van der Waals surface area contributed by atoms with Crippen LogP contribution in [0.25, 0.3) is 0 Å². The number of unbranched alkanes of at least 4 members (excludes halogenated alkanes) is 5. The van der Waals surface area contributed by atoms with Gasteiger partial charge in [0.05, 0.1) is 6.61 Å². The Hall–Kier alpha value is 0.486. The van der Waals surface area contributed by atoms with Gasteiger partial charge in [-0.2, -0.15) is 8.42 Å². The zero-order chi connectivity index (χ0) is 15.6. The van der Waals surface area contributed by atoms with Crippen LogP contribution in [0.3, 0.4) is 0 Å². The molecule has 0 saturated carbocycles. The Morgan fingerprint density at radius 3 is 2.14 bits per heavy atom. The Balaban J connectivity index is 0. The zero-order valence-corrected chi connectivity index (χ0v) is 16.5. The molecule has 0 rings (SSSR count). The van der Waals surface area contributed by atoms with Crippen molar-refractivity contribution in [2.45, 2.75) is 57.1 Å². The fourth-order valence-electron chi connectivity index (χ4n) is 1.61. The van der Waals surface area contributed by atoms with Crippen molar-refractivity contribution in [3.05, 3.63) is 0 Å². The quantitative estimate of drug-likeness (QED) is 0.186. The van der Waals surface area contributed by atoms with Gasteiger partial charge in [-0.15, -0.1) is 0 Å². The maximum atomic E-state index is 11.4. The summed E-state index contributed by atoms with van der Waals surface area (Å²) in [6.07, 6.45) is 4.62. The third-order valence-corrected chi connectivity index (χ3v) is 3.79. The number of aliphatic carboxylic acids is 1. The third kappa shape index (κ3) is 12.7. The van der Waals surface area contributed by atoms with Gasteiger partial charge >= 0.3 is 57.4 Å². The molecule has 0 aromatic rings. The van der Waals surface area contributed by atoms with E-state index in [0.29, 0.717) is 6.42 Å². The summed E-state index contributed by atoms with van der Waals surface area (Å²) in [5.74, 6) is -3.01. The molecule has 0 aliphatic heterocycles. The zero-order valence-electron chi connectivity index (χ0n) is 12.5. The van der Waals surface area contributed by atoms with Crippen LogP contribution in [0.5, 0.6) is 0 Å². The topological polar surface area (TPSA) is 121 Å². The van der Waals surface area contributed by atoms with Crippen LogP contribution in [0.1, 0.15) is 51.9 Å². The van der Waals surface area contributed by atoms with Crippen molar-refractivity contribution >= 4 is 22.1 Å². The summed E-state index contributed by atoms with van der Waals surface area (Å²) in [7, 11) is -4.81. The molecule has 0 aromatic heterocycles. The van der Waals surface area contributed by atoms with Crippen molar-refractivity contribution in [2.24, 2.45) is 0 Å². The molecule has 0 bridgehead atoms. The first kappa shape index (κ1) is 23.7. The first-order valence-corrected chi connectivity index (χ1v) is 8.12. The van der Waals surface area contributed by atoms with E-state index in [9.17, 15) is 23.1 Å². The number of rotatable bonds is 11. The van der Waals surface area contributed by atoms with Gasteiger partial charge in [0, 0.05) is 12.4 Å². The smallest absolute Gasteiger partial charge is 0.550 e. The van der Waals surface area contributed by atoms with E-state index in [0.717, 1.165) is 32.1 Å². The molecule has 0 fully saturated rings. The van der Waals surface area contributed by atoms with Gasteiger partial charge in [0.1, 0.15) is 0 Å². The summed E-state index contributed by atoms with van der Waals surface area (Å²) in [4.78, 5) is 21.8. The van der Waals surface area contributed by atoms with Crippen molar-refractivity contribution in [1.82, 2.24) is 0 Å². The molecular formula is C12H21KO7S. The first-order chi connectivity index (χ1) is 9.29. The van der Waals surface area contributed by atoms with E-state index in [2.05, 4.69) is 11.7 Å². The molecule has 1 unspecified atom stereocenters. The molecule has 7 nitrogen and oxygen atoms in total. The van der Waals surface area contributed by atoms with Crippen LogP contribution in [0.4, 0.5) is 0 Å². The maximum Gasteiger partial charge on any atom is 1.00 e. The summed E-state index contributed by atoms with van der Waals surface area (Å²) in [5.41, 5.74) is 0. The van der Waals surface area contributed by atoms with Crippen molar-refractivity contribution < 1.29 is 83.8 Å². The molecule has 0 radical (unpaired) electrons. The van der Waals surface area contributed by atoms with Crippen LogP contribution in [0.15, 0.2) is 0 Å². The summed E-state index contributed by atoms with van der Waals surface area (Å²) in [5, 5.41) is 8.23. The van der Waals surface area contributed by atoms with Crippen molar-refractivity contribution in [3.63, 3.8) is 0 Å². The average molecular weight is 348 g/mol. The second-order valence-electron chi connectivity index (χ2n) is 4.52. The van der Waals surface area contributed by atoms with Gasteiger partial charge in [0.25, 0.3) is 10.1 Å². The Kier molecular flexibility index (Phi) is 14.7. The first-order valence-electron chi connectivity index (χ1n) is 6.61. The van der Waals surface area contributed by atoms with Gasteiger partial charge in [-0.3, -0.25) is 9.35 Å². The number of hydrogen-bond donors (Lipinski definition) is 1. The van der Waals surface area contributed by atoms with Crippen LogP contribution >= 0.6 is 0 Å². The van der Waals surface area contributed by atoms with Gasteiger partial charge in [-0.25, -0.2) is 0 Å². The van der Waals surface area contributed by atoms with Crippen LogP contribution in [-0.4, -0.2) is 36.8 Å². The molecule has 0 aliphatic rings. The number of hydrogen-bond acceptors (Lipinski definition) is 6. The van der Waals surface area contributed by atoms with Crippen molar-refractivity contribution in [2.75, 3.05) is 6.61 Å². The molecule has 1 N–H and O–H groups in total. The van der Waals surface area contributed by atoms with E-state index in [1.165, 1.54) is 0 Å². The molecule has 9 heteroatoms. The molecule has 0 aliphatic carbocycles. The van der Waals surface area contributed by atoms with Gasteiger partial charge in [-0.1, -0.05) is 39.0 Å². The molecule has 0 heterocycles. The van der Waals surface area contributed by atoms with E-state index >= 15 is 0 Å². The summed E-state index contributed by atoms with van der Waals surface area (Å²) >= 11 is 0. The Morgan fingerprint density at radius 1 is 1.14 bits per heavy atom. The predicted octanol–water partition coefficient (Wildman–Crippen LogP) is -2.71. The third-order valence-electron chi connectivity index (χ3n) is 2.72. The summed E-state index contributed by atoms with van der Waals surface area (Å²) < 4.78 is 35.2. The Labute approximate surface area is 168 Å². The number of carbonyl (C=O) groups is 2. The molecule has 0 aromatic carbocycles. The predicted molar refractivity (Wildman–Crippen MR) is 69.3 cm³/mol. The minimum Gasteiger partial charge on any atom is -0.550 e. The van der Waals surface area contributed by atoms with E-state index in [-0.39, 0.29) is 58.0 Å². The number of carboxylic acids is 1. The summed E-state index contributed by atoms with van der Waals surface area (Å²) in [6.45, 7) is 2.10. The van der Waals surface area contributed by atoms with E-state index < -0.39 is 33.7 Å². The van der Waals surface area contributed by atoms with Crippen LogP contribution in [0, 0.1) is 0 Å². The monoisotopic (exact) mass is 348 g/mol. The molecule has 0 spiro atoms. The van der Waals surface area contributed by atoms with Crippen LogP contribution in [0.2, 0.25) is 0 Å². The van der Waals surface area contributed by atoms with Crippen LogP contribution < -0.4 is 56.5 Å². The van der Waals surface area contributed by atoms with Gasteiger partial charge < -0.3 is 14.6 Å². The van der Waals surface area contributed by atoms with Gasteiger partial charge in [-0.05, 0) is 6.42 Å². The molecular weight excluding hydrogens is 327 g/mol. The Bertz CT molecular complexity index is 408. The largest absolute Gasteiger partial charge is 1.00 e. The van der Waals surface area contributed by atoms with E-state index in [4.69, 9.17) is 4.55 Å². The standard InChI is InChI=1S/C12H22O7S.K/c1-2-3-4-5-6-7-8-19-12(15)10(9-11(13)14)20(16,17)18;/h10H,2-9H2,1H3,(H,13,14)(H,16,17,18);/q;+1/p-1.